The molecule has 0 aromatic heterocycles. The van der Waals surface area contributed by atoms with Crippen molar-refractivity contribution < 1.29 is 20.1 Å². The van der Waals surface area contributed by atoms with Gasteiger partial charge in [-0.25, -0.2) is 0 Å². The summed E-state index contributed by atoms with van der Waals surface area (Å²) >= 11 is 0. The highest BCUT2D eigenvalue weighted by Gasteiger charge is 2.52. The smallest absolute Gasteiger partial charge is 0.303 e. The summed E-state index contributed by atoms with van der Waals surface area (Å²) in [7, 11) is 0. The molecule has 0 bridgehead atoms. The second kappa shape index (κ2) is 9.81. The summed E-state index contributed by atoms with van der Waals surface area (Å²) in [6.07, 6.45) is 6.61. The van der Waals surface area contributed by atoms with Crippen molar-refractivity contribution in [1.82, 2.24) is 0 Å². The predicted octanol–water partition coefficient (Wildman–Crippen LogP) is 4.21. The zero-order valence-corrected chi connectivity index (χ0v) is 18.1. The van der Waals surface area contributed by atoms with Gasteiger partial charge in [-0.05, 0) is 62.3 Å². The first-order chi connectivity index (χ1) is 14.3. The minimum atomic E-state index is -1.13. The maximum Gasteiger partial charge on any atom is 0.303 e. The molecule has 3 N–H and O–H groups in total. The third-order valence-electron chi connectivity index (χ3n) is 6.70. The van der Waals surface area contributed by atoms with Gasteiger partial charge in [-0.2, -0.15) is 0 Å². The van der Waals surface area contributed by atoms with Crippen molar-refractivity contribution in [3.05, 3.63) is 47.5 Å². The first-order valence-electron chi connectivity index (χ1n) is 11.2. The number of carboxylic acid groups (broad SMARTS) is 1. The zero-order valence-electron chi connectivity index (χ0n) is 18.1. The normalized spacial score (nSPS) is 31.1. The van der Waals surface area contributed by atoms with E-state index < -0.39 is 17.7 Å². The van der Waals surface area contributed by atoms with Crippen molar-refractivity contribution in [1.29, 1.82) is 0 Å². The number of aliphatic hydroxyl groups excluding tert-OH is 1. The molecule has 2 aliphatic rings. The lowest BCUT2D eigenvalue weighted by Crippen LogP contribution is -2.51. The number of benzene rings is 1. The van der Waals surface area contributed by atoms with Crippen LogP contribution in [0, 0.1) is 35.5 Å². The van der Waals surface area contributed by atoms with Crippen molar-refractivity contribution in [2.75, 3.05) is 0 Å². The Bertz CT molecular complexity index is 806. The van der Waals surface area contributed by atoms with E-state index in [0.717, 1.165) is 31.2 Å². The van der Waals surface area contributed by atoms with Crippen LogP contribution < -0.4 is 0 Å². The molecule has 1 aromatic carbocycles. The molecule has 2 unspecified atom stereocenters. The number of hydrogen-bond donors (Lipinski definition) is 3. The lowest BCUT2D eigenvalue weighted by molar-refractivity contribution is -0.137. The molecule has 0 saturated heterocycles. The van der Waals surface area contributed by atoms with Crippen molar-refractivity contribution in [3.8, 4) is 11.8 Å². The third-order valence-corrected chi connectivity index (χ3v) is 6.70. The maximum atomic E-state index is 10.8. The molecule has 0 radical (unpaired) electrons. The number of allylic oxidation sites excluding steroid dienone is 2. The Morgan fingerprint density at radius 3 is 2.67 bits per heavy atom. The molecule has 2 fully saturated rings. The fraction of sp³-hybridized carbons (Fsp3) is 0.577. The highest BCUT2D eigenvalue weighted by atomic mass is 16.4. The Hall–Kier alpha value is -2.09. The number of aliphatic carboxylic acids is 1. The summed E-state index contributed by atoms with van der Waals surface area (Å²) in [6.45, 7) is 3.91. The summed E-state index contributed by atoms with van der Waals surface area (Å²) in [6, 6.07) is 9.85. The quantitative estimate of drug-likeness (QED) is 0.357. The lowest BCUT2D eigenvalue weighted by atomic mass is 9.50. The van der Waals surface area contributed by atoms with Crippen molar-refractivity contribution >= 4 is 5.97 Å². The van der Waals surface area contributed by atoms with E-state index in [2.05, 4.69) is 24.8 Å². The molecule has 2 aliphatic carbocycles. The molecule has 3 rings (SSSR count). The first kappa shape index (κ1) is 22.6. The fourth-order valence-electron chi connectivity index (χ4n) is 5.33. The van der Waals surface area contributed by atoms with Crippen LogP contribution in [0.4, 0.5) is 0 Å². The van der Waals surface area contributed by atoms with Gasteiger partial charge in [-0.3, -0.25) is 4.79 Å². The summed E-state index contributed by atoms with van der Waals surface area (Å²) in [5.74, 6) is 6.64. The van der Waals surface area contributed by atoms with Crippen LogP contribution in [0.5, 0.6) is 0 Å². The van der Waals surface area contributed by atoms with Crippen molar-refractivity contribution in [2.45, 2.75) is 70.5 Å². The molecule has 4 heteroatoms. The van der Waals surface area contributed by atoms with E-state index in [0.29, 0.717) is 30.6 Å². The standard InChI is InChI=1S/C26H34O4/c1-3-19-20(11-7-8-12-24(28)29)21-13-14-23(27)22(25(19)21)15-16-26(2,30)17-18-9-5-4-6-10-18/h4-6,9-11,19,21-23,25,27,30H,3,7-8,12-14,17H2,1-2H3,(H,28,29)/b20-11-/t19?,21-,22+,23-,25+,26?/m0/s1. The van der Waals surface area contributed by atoms with Crippen LogP contribution in [-0.4, -0.2) is 33.0 Å². The van der Waals surface area contributed by atoms with Gasteiger partial charge in [0.1, 0.15) is 5.60 Å². The van der Waals surface area contributed by atoms with Gasteiger partial charge in [0.05, 0.1) is 12.0 Å². The SMILES string of the molecule is CCC1/C(=C/CCCC(=O)O)[C@@H]2CC[C@H](O)[C@@H](C#CC(C)(O)Cc3ccccc3)[C@H]12. The molecular weight excluding hydrogens is 376 g/mol. The van der Waals surface area contributed by atoms with Crippen LogP contribution in [-0.2, 0) is 11.2 Å². The molecule has 2 saturated carbocycles. The van der Waals surface area contributed by atoms with Crippen LogP contribution in [0.15, 0.2) is 42.0 Å². The Labute approximate surface area is 180 Å². The van der Waals surface area contributed by atoms with Crippen LogP contribution in [0.2, 0.25) is 0 Å². The molecule has 6 atom stereocenters. The molecule has 1 aromatic rings. The molecule has 30 heavy (non-hydrogen) atoms. The average Bonchev–Trinajstić information content (AvgIpc) is 2.68. The number of aliphatic hydroxyl groups is 2. The lowest BCUT2D eigenvalue weighted by Gasteiger charge is -2.54. The monoisotopic (exact) mass is 410 g/mol. The van der Waals surface area contributed by atoms with Crippen LogP contribution in [0.1, 0.15) is 57.9 Å². The van der Waals surface area contributed by atoms with Gasteiger partial charge in [0.2, 0.25) is 0 Å². The van der Waals surface area contributed by atoms with E-state index in [1.807, 2.05) is 30.3 Å². The third kappa shape index (κ3) is 5.33. The van der Waals surface area contributed by atoms with E-state index >= 15 is 0 Å². The molecule has 4 nitrogen and oxygen atoms in total. The summed E-state index contributed by atoms with van der Waals surface area (Å²) in [5.41, 5.74) is 1.35. The Kier molecular flexibility index (Phi) is 7.39. The van der Waals surface area contributed by atoms with Crippen LogP contribution in [0.3, 0.4) is 0 Å². The summed E-state index contributed by atoms with van der Waals surface area (Å²) in [5, 5.41) is 30.3. The highest BCUT2D eigenvalue weighted by molar-refractivity contribution is 5.66. The predicted molar refractivity (Wildman–Crippen MR) is 118 cm³/mol. The number of carboxylic acids is 1. The van der Waals surface area contributed by atoms with E-state index in [9.17, 15) is 15.0 Å². The molecule has 162 valence electrons. The molecular formula is C26H34O4. The Morgan fingerprint density at radius 1 is 1.27 bits per heavy atom. The van der Waals surface area contributed by atoms with Gasteiger partial charge in [-0.1, -0.05) is 60.7 Å². The topological polar surface area (TPSA) is 77.8 Å². The van der Waals surface area contributed by atoms with Gasteiger partial charge in [0.15, 0.2) is 0 Å². The van der Waals surface area contributed by atoms with E-state index in [1.165, 1.54) is 5.57 Å². The molecule has 0 aliphatic heterocycles. The van der Waals surface area contributed by atoms with Gasteiger partial charge in [-0.15, -0.1) is 0 Å². The maximum absolute atomic E-state index is 10.8. The largest absolute Gasteiger partial charge is 0.481 e. The first-order valence-corrected chi connectivity index (χ1v) is 11.2. The molecule has 0 spiro atoms. The van der Waals surface area contributed by atoms with Crippen LogP contribution >= 0.6 is 0 Å². The number of carbonyl (C=O) groups is 1. The number of rotatable bonds is 7. The zero-order chi connectivity index (χ0) is 21.7. The van der Waals surface area contributed by atoms with Crippen molar-refractivity contribution in [2.24, 2.45) is 23.7 Å². The highest BCUT2D eigenvalue weighted by Crippen LogP contribution is 2.57. The van der Waals surface area contributed by atoms with Gasteiger partial charge >= 0.3 is 5.97 Å². The van der Waals surface area contributed by atoms with Gasteiger partial charge in [0, 0.05) is 12.8 Å². The van der Waals surface area contributed by atoms with E-state index in [4.69, 9.17) is 5.11 Å². The number of fused-ring (bicyclic) bond motifs is 1. The Balaban J connectivity index is 1.71. The minimum absolute atomic E-state index is 0.118. The second-order valence-corrected chi connectivity index (χ2v) is 9.06. The fourth-order valence-corrected chi connectivity index (χ4v) is 5.33. The summed E-state index contributed by atoms with van der Waals surface area (Å²) < 4.78 is 0. The van der Waals surface area contributed by atoms with Gasteiger partial charge < -0.3 is 15.3 Å². The number of unbranched alkanes of at least 4 members (excludes halogenated alkanes) is 1. The van der Waals surface area contributed by atoms with Crippen LogP contribution in [0.25, 0.3) is 0 Å². The second-order valence-electron chi connectivity index (χ2n) is 9.06. The summed E-state index contributed by atoms with van der Waals surface area (Å²) in [4.78, 5) is 10.7. The molecule has 0 heterocycles. The van der Waals surface area contributed by atoms with E-state index in [-0.39, 0.29) is 12.3 Å². The van der Waals surface area contributed by atoms with Gasteiger partial charge in [0.25, 0.3) is 0 Å². The number of hydrogen-bond acceptors (Lipinski definition) is 3. The minimum Gasteiger partial charge on any atom is -0.481 e. The molecule has 0 amide bonds. The Morgan fingerprint density at radius 2 is 2.00 bits per heavy atom. The average molecular weight is 411 g/mol. The van der Waals surface area contributed by atoms with Crippen molar-refractivity contribution in [3.63, 3.8) is 0 Å². The van der Waals surface area contributed by atoms with E-state index in [1.54, 1.807) is 6.92 Å².